The lowest BCUT2D eigenvalue weighted by Crippen LogP contribution is -1.98. The average molecular weight is 254 g/mol. The molecule has 0 aliphatic rings. The van der Waals surface area contributed by atoms with Crippen LogP contribution in [0.4, 0.5) is 0 Å². The van der Waals surface area contributed by atoms with Gasteiger partial charge in [-0.05, 0) is 49.3 Å². The first-order valence-electron chi connectivity index (χ1n) is 6.78. The quantitative estimate of drug-likeness (QED) is 0.659. The molecular weight excluding hydrogens is 228 g/mol. The van der Waals surface area contributed by atoms with Gasteiger partial charge in [-0.2, -0.15) is 0 Å². The number of hydrogen-bond acceptors (Lipinski definition) is 0. The topological polar surface area (TPSA) is 0 Å². The summed E-state index contributed by atoms with van der Waals surface area (Å²) in [7, 11) is 0. The van der Waals surface area contributed by atoms with Crippen molar-refractivity contribution >= 4 is 0 Å². The molecule has 0 nitrogen and oxygen atoms in total. The van der Waals surface area contributed by atoms with Gasteiger partial charge < -0.3 is 0 Å². The highest BCUT2D eigenvalue weighted by molar-refractivity contribution is 5.30. The Bertz CT molecular complexity index is 497. The van der Waals surface area contributed by atoms with Crippen LogP contribution < -0.4 is 0 Å². The summed E-state index contributed by atoms with van der Waals surface area (Å²) in [6.07, 6.45) is 2.39. The van der Waals surface area contributed by atoms with E-state index in [1.54, 1.807) is 0 Å². The van der Waals surface area contributed by atoms with Crippen LogP contribution in [-0.4, -0.2) is 0 Å². The van der Waals surface area contributed by atoms with Crippen LogP contribution in [0.5, 0.6) is 0 Å². The summed E-state index contributed by atoms with van der Waals surface area (Å²) in [6.45, 7) is 6.69. The minimum Gasteiger partial charge on any atom is -0.0776 e. The van der Waals surface area contributed by atoms with Crippen LogP contribution in [0.3, 0.4) is 0 Å². The molecular formula is C19H26. The minimum absolute atomic E-state index is 0. The fourth-order valence-corrected chi connectivity index (χ4v) is 2.45. The molecule has 0 fully saturated rings. The monoisotopic (exact) mass is 254 g/mol. The zero-order valence-corrected chi connectivity index (χ0v) is 11.6. The van der Waals surface area contributed by atoms with Crippen LogP contribution in [-0.2, 0) is 6.42 Å². The Morgan fingerprint density at radius 2 is 1.63 bits per heavy atom. The van der Waals surface area contributed by atoms with E-state index in [4.69, 9.17) is 0 Å². The maximum atomic E-state index is 2.32. The molecule has 0 saturated heterocycles. The van der Waals surface area contributed by atoms with Crippen LogP contribution in [0.15, 0.2) is 48.5 Å². The van der Waals surface area contributed by atoms with Gasteiger partial charge in [0.1, 0.15) is 0 Å². The summed E-state index contributed by atoms with van der Waals surface area (Å²) >= 11 is 0. The van der Waals surface area contributed by atoms with Gasteiger partial charge in [0.2, 0.25) is 0 Å². The van der Waals surface area contributed by atoms with Gasteiger partial charge in [-0.15, -0.1) is 0 Å². The standard InChI is InChI=1S/C18H22.CH4/c1-14-9-11-18(16(3)13-14)12-10-15(2)17-7-5-4-6-8-17;/h4-9,11,13,15H,10,12H2,1-3H3;1H4. The molecule has 1 atom stereocenters. The first-order chi connectivity index (χ1) is 8.66. The van der Waals surface area contributed by atoms with Crippen molar-refractivity contribution in [3.05, 3.63) is 70.8 Å². The molecule has 19 heavy (non-hydrogen) atoms. The lowest BCUT2D eigenvalue weighted by Gasteiger charge is -2.13. The van der Waals surface area contributed by atoms with Gasteiger partial charge in [0.15, 0.2) is 0 Å². The molecule has 0 aromatic heterocycles. The van der Waals surface area contributed by atoms with Gasteiger partial charge in [-0.1, -0.05) is 68.4 Å². The molecule has 0 N–H and O–H groups in total. The lowest BCUT2D eigenvalue weighted by atomic mass is 9.92. The molecule has 102 valence electrons. The molecule has 0 bridgehead atoms. The molecule has 2 aromatic rings. The third-order valence-corrected chi connectivity index (χ3v) is 3.71. The Hall–Kier alpha value is -1.56. The second-order valence-corrected chi connectivity index (χ2v) is 5.28. The average Bonchev–Trinajstić information content (AvgIpc) is 2.38. The molecule has 0 saturated carbocycles. The molecule has 0 aliphatic carbocycles. The Kier molecular flexibility index (Phi) is 5.82. The summed E-state index contributed by atoms with van der Waals surface area (Å²) in [4.78, 5) is 0. The Morgan fingerprint density at radius 3 is 2.26 bits per heavy atom. The zero-order valence-electron chi connectivity index (χ0n) is 11.6. The Labute approximate surface area is 118 Å². The van der Waals surface area contributed by atoms with E-state index < -0.39 is 0 Å². The molecule has 2 rings (SSSR count). The summed E-state index contributed by atoms with van der Waals surface area (Å²) in [5.41, 5.74) is 5.72. The van der Waals surface area contributed by atoms with E-state index in [9.17, 15) is 0 Å². The van der Waals surface area contributed by atoms with Crippen molar-refractivity contribution in [2.75, 3.05) is 0 Å². The van der Waals surface area contributed by atoms with Gasteiger partial charge in [0, 0.05) is 0 Å². The Balaban J connectivity index is 0.00000180. The van der Waals surface area contributed by atoms with E-state index in [0.717, 1.165) is 0 Å². The van der Waals surface area contributed by atoms with Gasteiger partial charge >= 0.3 is 0 Å². The molecule has 0 heterocycles. The fraction of sp³-hybridized carbons (Fsp3) is 0.368. The first kappa shape index (κ1) is 15.5. The summed E-state index contributed by atoms with van der Waals surface area (Å²) in [5, 5.41) is 0. The van der Waals surface area contributed by atoms with Crippen molar-refractivity contribution in [3.63, 3.8) is 0 Å². The highest BCUT2D eigenvalue weighted by atomic mass is 14.1. The molecule has 0 aliphatic heterocycles. The second kappa shape index (κ2) is 7.13. The fourth-order valence-electron chi connectivity index (χ4n) is 2.45. The molecule has 1 unspecified atom stereocenters. The van der Waals surface area contributed by atoms with E-state index in [1.807, 2.05) is 0 Å². The van der Waals surface area contributed by atoms with E-state index in [0.29, 0.717) is 5.92 Å². The van der Waals surface area contributed by atoms with Crippen molar-refractivity contribution in [2.24, 2.45) is 0 Å². The SMILES string of the molecule is C.Cc1ccc(CCC(C)c2ccccc2)c(C)c1. The maximum absolute atomic E-state index is 2.32. The van der Waals surface area contributed by atoms with E-state index in [1.165, 1.54) is 35.1 Å². The smallest absolute Gasteiger partial charge is 0.0187 e. The second-order valence-electron chi connectivity index (χ2n) is 5.28. The highest BCUT2D eigenvalue weighted by Crippen LogP contribution is 2.22. The van der Waals surface area contributed by atoms with Crippen LogP contribution in [0.1, 0.15) is 48.9 Å². The predicted octanol–water partition coefficient (Wildman–Crippen LogP) is 5.68. The van der Waals surface area contributed by atoms with Crippen LogP contribution in [0.2, 0.25) is 0 Å². The molecule has 0 heteroatoms. The van der Waals surface area contributed by atoms with Crippen molar-refractivity contribution in [1.82, 2.24) is 0 Å². The summed E-state index contributed by atoms with van der Waals surface area (Å²) in [6, 6.07) is 17.6. The van der Waals surface area contributed by atoms with Crippen molar-refractivity contribution < 1.29 is 0 Å². The lowest BCUT2D eigenvalue weighted by molar-refractivity contribution is 0.678. The van der Waals surface area contributed by atoms with Gasteiger partial charge in [-0.3, -0.25) is 0 Å². The summed E-state index contributed by atoms with van der Waals surface area (Å²) < 4.78 is 0. The third kappa shape index (κ3) is 4.24. The molecule has 2 aromatic carbocycles. The normalized spacial score (nSPS) is 11.7. The molecule has 0 spiro atoms. The van der Waals surface area contributed by atoms with Gasteiger partial charge in [0.05, 0.1) is 0 Å². The third-order valence-electron chi connectivity index (χ3n) is 3.71. The zero-order chi connectivity index (χ0) is 13.0. The molecule has 0 radical (unpaired) electrons. The van der Waals surface area contributed by atoms with Crippen LogP contribution in [0.25, 0.3) is 0 Å². The van der Waals surface area contributed by atoms with Crippen molar-refractivity contribution in [3.8, 4) is 0 Å². The van der Waals surface area contributed by atoms with Gasteiger partial charge in [0.25, 0.3) is 0 Å². The predicted molar refractivity (Wildman–Crippen MR) is 85.8 cm³/mol. The number of hydrogen-bond donors (Lipinski definition) is 0. The number of benzene rings is 2. The Morgan fingerprint density at radius 1 is 0.947 bits per heavy atom. The first-order valence-corrected chi connectivity index (χ1v) is 6.78. The van der Waals surface area contributed by atoms with Crippen molar-refractivity contribution in [1.29, 1.82) is 0 Å². The van der Waals surface area contributed by atoms with Crippen LogP contribution >= 0.6 is 0 Å². The van der Waals surface area contributed by atoms with E-state index >= 15 is 0 Å². The van der Waals surface area contributed by atoms with E-state index in [-0.39, 0.29) is 7.43 Å². The van der Waals surface area contributed by atoms with Gasteiger partial charge in [-0.25, -0.2) is 0 Å². The summed E-state index contributed by atoms with van der Waals surface area (Å²) in [5.74, 6) is 0.631. The highest BCUT2D eigenvalue weighted by Gasteiger charge is 2.06. The molecule has 0 amide bonds. The van der Waals surface area contributed by atoms with E-state index in [2.05, 4.69) is 69.3 Å². The largest absolute Gasteiger partial charge is 0.0776 e. The maximum Gasteiger partial charge on any atom is -0.0187 e. The number of aryl methyl sites for hydroxylation is 3. The number of rotatable bonds is 4. The minimum atomic E-state index is 0. The van der Waals surface area contributed by atoms with Crippen molar-refractivity contribution in [2.45, 2.75) is 47.0 Å². The van der Waals surface area contributed by atoms with Crippen LogP contribution in [0, 0.1) is 13.8 Å².